The van der Waals surface area contributed by atoms with Crippen LogP contribution in [0, 0.1) is 5.82 Å². The summed E-state index contributed by atoms with van der Waals surface area (Å²) in [5, 5.41) is 17.6. The van der Waals surface area contributed by atoms with E-state index in [2.05, 4.69) is 0 Å². The second-order valence-corrected chi connectivity index (χ2v) is 2.58. The first-order valence-corrected chi connectivity index (χ1v) is 3.71. The van der Waals surface area contributed by atoms with Crippen LogP contribution in [-0.4, -0.2) is 16.5 Å². The largest absolute Gasteiger partial charge is 0.392 e. The molecule has 0 atom stereocenters. The molecule has 2 N–H and O–H groups in total. The zero-order valence-electron chi connectivity index (χ0n) is 6.83. The lowest BCUT2D eigenvalue weighted by molar-refractivity contribution is 0.111. The van der Waals surface area contributed by atoms with Crippen molar-refractivity contribution < 1.29 is 19.4 Å². The van der Waals surface area contributed by atoms with E-state index in [9.17, 15) is 9.18 Å². The summed E-state index contributed by atoms with van der Waals surface area (Å²) in [5.74, 6) is -0.684. The Morgan fingerprint density at radius 2 is 1.77 bits per heavy atom. The fourth-order valence-electron chi connectivity index (χ4n) is 1.06. The van der Waals surface area contributed by atoms with Gasteiger partial charge in [-0.25, -0.2) is 4.39 Å². The molecule has 0 heterocycles. The molecule has 1 aromatic rings. The predicted octanol–water partition coefficient (Wildman–Crippen LogP) is 0.623. The number of rotatable bonds is 3. The van der Waals surface area contributed by atoms with E-state index in [4.69, 9.17) is 10.2 Å². The van der Waals surface area contributed by atoms with Crippen LogP contribution in [-0.2, 0) is 13.2 Å². The van der Waals surface area contributed by atoms with E-state index in [0.29, 0.717) is 17.4 Å². The molecule has 4 heteroatoms. The van der Waals surface area contributed by atoms with Gasteiger partial charge in [0.1, 0.15) is 5.82 Å². The lowest BCUT2D eigenvalue weighted by Crippen LogP contribution is -1.99. The SMILES string of the molecule is O=Cc1cc(CO)c(CO)cc1F. The van der Waals surface area contributed by atoms with E-state index in [1.807, 2.05) is 0 Å². The second kappa shape index (κ2) is 4.11. The molecule has 0 aliphatic heterocycles. The van der Waals surface area contributed by atoms with E-state index >= 15 is 0 Å². The van der Waals surface area contributed by atoms with Gasteiger partial charge in [-0.3, -0.25) is 4.79 Å². The van der Waals surface area contributed by atoms with E-state index in [1.54, 1.807) is 0 Å². The summed E-state index contributed by atoms with van der Waals surface area (Å²) in [6.45, 7) is -0.678. The van der Waals surface area contributed by atoms with Crippen LogP contribution in [0.3, 0.4) is 0 Å². The minimum Gasteiger partial charge on any atom is -0.392 e. The molecule has 3 nitrogen and oxygen atoms in total. The Kier molecular flexibility index (Phi) is 3.11. The third-order valence-electron chi connectivity index (χ3n) is 1.79. The summed E-state index contributed by atoms with van der Waals surface area (Å²) >= 11 is 0. The average Bonchev–Trinajstić information content (AvgIpc) is 2.17. The monoisotopic (exact) mass is 184 g/mol. The highest BCUT2D eigenvalue weighted by molar-refractivity contribution is 5.75. The Bertz CT molecular complexity index is 323. The Hall–Kier alpha value is -1.26. The second-order valence-electron chi connectivity index (χ2n) is 2.58. The molecule has 0 spiro atoms. The van der Waals surface area contributed by atoms with Crippen LogP contribution in [0.4, 0.5) is 4.39 Å². The summed E-state index contributed by atoms with van der Waals surface area (Å²) < 4.78 is 12.9. The maximum atomic E-state index is 12.9. The molecule has 13 heavy (non-hydrogen) atoms. The summed E-state index contributed by atoms with van der Waals surface area (Å²) in [4.78, 5) is 10.3. The van der Waals surface area contributed by atoms with Gasteiger partial charge in [0.05, 0.1) is 18.8 Å². The maximum absolute atomic E-state index is 12.9. The zero-order valence-corrected chi connectivity index (χ0v) is 6.83. The average molecular weight is 184 g/mol. The number of halogens is 1. The molecule has 0 aliphatic carbocycles. The normalized spacial score (nSPS) is 10.1. The Labute approximate surface area is 74.4 Å². The first-order chi connectivity index (χ1) is 6.22. The number of aliphatic hydroxyl groups excluding tert-OH is 2. The van der Waals surface area contributed by atoms with E-state index < -0.39 is 5.82 Å². The highest BCUT2D eigenvalue weighted by Crippen LogP contribution is 2.15. The molecular formula is C9H9FO3. The molecule has 0 aliphatic rings. The molecule has 1 aromatic carbocycles. The van der Waals surface area contributed by atoms with E-state index in [1.165, 1.54) is 6.07 Å². The number of hydrogen-bond donors (Lipinski definition) is 2. The third kappa shape index (κ3) is 1.91. The van der Waals surface area contributed by atoms with Gasteiger partial charge in [0.25, 0.3) is 0 Å². The van der Waals surface area contributed by atoms with Gasteiger partial charge < -0.3 is 10.2 Å². The van der Waals surface area contributed by atoms with Crippen molar-refractivity contribution in [2.24, 2.45) is 0 Å². The zero-order chi connectivity index (χ0) is 9.84. The molecule has 0 saturated heterocycles. The highest BCUT2D eigenvalue weighted by Gasteiger charge is 2.07. The van der Waals surface area contributed by atoms with Crippen molar-refractivity contribution >= 4 is 6.29 Å². The molecule has 0 saturated carbocycles. The van der Waals surface area contributed by atoms with Crippen molar-refractivity contribution in [3.8, 4) is 0 Å². The first kappa shape index (κ1) is 9.83. The van der Waals surface area contributed by atoms with E-state index in [-0.39, 0.29) is 18.8 Å². The molecule has 1 rings (SSSR count). The lowest BCUT2D eigenvalue weighted by atomic mass is 10.0. The van der Waals surface area contributed by atoms with Gasteiger partial charge in [0.15, 0.2) is 6.29 Å². The van der Waals surface area contributed by atoms with Gasteiger partial charge in [-0.15, -0.1) is 0 Å². The van der Waals surface area contributed by atoms with Crippen LogP contribution in [0.15, 0.2) is 12.1 Å². The minimum absolute atomic E-state index is 0.110. The summed E-state index contributed by atoms with van der Waals surface area (Å²) in [6.07, 6.45) is 0.371. The maximum Gasteiger partial charge on any atom is 0.153 e. The Morgan fingerprint density at radius 1 is 1.23 bits per heavy atom. The van der Waals surface area contributed by atoms with Crippen LogP contribution in [0.25, 0.3) is 0 Å². The number of carbonyl (C=O) groups is 1. The van der Waals surface area contributed by atoms with Gasteiger partial charge in [0, 0.05) is 0 Å². The molecule has 0 aromatic heterocycles. The molecule has 0 radical (unpaired) electrons. The summed E-state index contributed by atoms with van der Waals surface area (Å²) in [7, 11) is 0. The smallest absolute Gasteiger partial charge is 0.153 e. The van der Waals surface area contributed by atoms with Crippen LogP contribution < -0.4 is 0 Å². The van der Waals surface area contributed by atoms with Crippen LogP contribution in [0.5, 0.6) is 0 Å². The number of carbonyl (C=O) groups excluding carboxylic acids is 1. The summed E-state index contributed by atoms with van der Waals surface area (Å²) in [5.41, 5.74) is 0.554. The quantitative estimate of drug-likeness (QED) is 0.677. The van der Waals surface area contributed by atoms with Crippen molar-refractivity contribution in [2.45, 2.75) is 13.2 Å². The molecule has 70 valence electrons. The minimum atomic E-state index is -0.684. The topological polar surface area (TPSA) is 57.5 Å². The molecule has 0 fully saturated rings. The van der Waals surface area contributed by atoms with Crippen LogP contribution >= 0.6 is 0 Å². The third-order valence-corrected chi connectivity index (χ3v) is 1.79. The Morgan fingerprint density at radius 3 is 2.23 bits per heavy atom. The van der Waals surface area contributed by atoms with Gasteiger partial charge in [-0.05, 0) is 23.3 Å². The molecule has 0 unspecified atom stereocenters. The van der Waals surface area contributed by atoms with Crippen molar-refractivity contribution in [1.82, 2.24) is 0 Å². The fraction of sp³-hybridized carbons (Fsp3) is 0.222. The van der Waals surface area contributed by atoms with Crippen molar-refractivity contribution in [2.75, 3.05) is 0 Å². The fourth-order valence-corrected chi connectivity index (χ4v) is 1.06. The first-order valence-electron chi connectivity index (χ1n) is 3.71. The molecule has 0 amide bonds. The molecular weight excluding hydrogens is 175 g/mol. The lowest BCUT2D eigenvalue weighted by Gasteiger charge is -2.05. The number of aliphatic hydroxyl groups is 2. The number of hydrogen-bond acceptors (Lipinski definition) is 3. The van der Waals surface area contributed by atoms with Crippen molar-refractivity contribution in [3.05, 3.63) is 34.6 Å². The predicted molar refractivity (Wildman–Crippen MR) is 43.6 cm³/mol. The van der Waals surface area contributed by atoms with Crippen LogP contribution in [0.1, 0.15) is 21.5 Å². The highest BCUT2D eigenvalue weighted by atomic mass is 19.1. The Balaban J connectivity index is 3.26. The van der Waals surface area contributed by atoms with E-state index in [0.717, 1.165) is 6.07 Å². The number of benzene rings is 1. The van der Waals surface area contributed by atoms with Crippen molar-refractivity contribution in [3.63, 3.8) is 0 Å². The van der Waals surface area contributed by atoms with Gasteiger partial charge in [-0.1, -0.05) is 0 Å². The standard InChI is InChI=1S/C9H9FO3/c10-9-2-7(4-12)6(3-11)1-8(9)5-13/h1-2,5,11-12H,3-4H2. The molecule has 0 bridgehead atoms. The van der Waals surface area contributed by atoms with Crippen molar-refractivity contribution in [1.29, 1.82) is 0 Å². The van der Waals surface area contributed by atoms with Gasteiger partial charge >= 0.3 is 0 Å². The summed E-state index contributed by atoms with van der Waals surface area (Å²) in [6, 6.07) is 2.28. The van der Waals surface area contributed by atoms with Gasteiger partial charge in [-0.2, -0.15) is 0 Å². The van der Waals surface area contributed by atoms with Gasteiger partial charge in [0.2, 0.25) is 0 Å². The van der Waals surface area contributed by atoms with Crippen LogP contribution in [0.2, 0.25) is 0 Å². The number of aldehydes is 1.